The number of aryl methyl sites for hydroxylation is 1. The van der Waals surface area contributed by atoms with E-state index in [-0.39, 0.29) is 5.57 Å². The third-order valence-electron chi connectivity index (χ3n) is 4.01. The number of nitrogens with zero attached hydrogens (tertiary/aromatic N) is 1. The highest BCUT2D eigenvalue weighted by Crippen LogP contribution is 2.23. The number of anilines is 2. The fourth-order valence-corrected chi connectivity index (χ4v) is 2.60. The van der Waals surface area contributed by atoms with Crippen LogP contribution in [-0.2, 0) is 4.79 Å². The van der Waals surface area contributed by atoms with Gasteiger partial charge in [0, 0.05) is 22.6 Å². The van der Waals surface area contributed by atoms with Crippen LogP contribution >= 0.6 is 11.6 Å². The van der Waals surface area contributed by atoms with Gasteiger partial charge in [0.15, 0.2) is 0 Å². The third kappa shape index (κ3) is 5.61. The summed E-state index contributed by atoms with van der Waals surface area (Å²) in [5.74, 6) is 0.900. The van der Waals surface area contributed by atoms with Crippen LogP contribution in [0, 0.1) is 18.3 Å². The SMILES string of the molecule is Cc1ccc(NC(=O)/C(C#N)=C\Nc2ccc(Oc3ccccc3)cc2)cc1Cl. The zero-order valence-electron chi connectivity index (χ0n) is 15.6. The molecule has 0 fully saturated rings. The zero-order valence-corrected chi connectivity index (χ0v) is 16.4. The summed E-state index contributed by atoms with van der Waals surface area (Å²) in [6, 6.07) is 23.7. The molecule has 3 aromatic rings. The first kappa shape index (κ1) is 20.0. The van der Waals surface area contributed by atoms with Crippen molar-refractivity contribution in [3.63, 3.8) is 0 Å². The summed E-state index contributed by atoms with van der Waals surface area (Å²) >= 11 is 6.06. The Kier molecular flexibility index (Phi) is 6.51. The van der Waals surface area contributed by atoms with Gasteiger partial charge in [0.25, 0.3) is 5.91 Å². The van der Waals surface area contributed by atoms with Crippen molar-refractivity contribution >= 4 is 28.9 Å². The molecule has 3 rings (SSSR count). The fraction of sp³-hybridized carbons (Fsp3) is 0.0435. The number of rotatable bonds is 6. The molecule has 5 nitrogen and oxygen atoms in total. The van der Waals surface area contributed by atoms with Crippen molar-refractivity contribution in [3.05, 3.63) is 95.2 Å². The van der Waals surface area contributed by atoms with Crippen LogP contribution in [0.4, 0.5) is 11.4 Å². The van der Waals surface area contributed by atoms with Gasteiger partial charge in [-0.1, -0.05) is 35.9 Å². The Morgan fingerprint density at radius 1 is 1.00 bits per heavy atom. The van der Waals surface area contributed by atoms with Crippen molar-refractivity contribution in [3.8, 4) is 17.6 Å². The molecule has 0 spiro atoms. The van der Waals surface area contributed by atoms with E-state index in [2.05, 4.69) is 10.6 Å². The lowest BCUT2D eigenvalue weighted by atomic mass is 10.2. The Labute approximate surface area is 174 Å². The van der Waals surface area contributed by atoms with Crippen LogP contribution in [0.5, 0.6) is 11.5 Å². The number of amides is 1. The van der Waals surface area contributed by atoms with E-state index in [0.717, 1.165) is 11.3 Å². The maximum atomic E-state index is 12.3. The lowest BCUT2D eigenvalue weighted by Gasteiger charge is -2.08. The van der Waals surface area contributed by atoms with E-state index in [9.17, 15) is 10.1 Å². The molecule has 144 valence electrons. The average molecular weight is 404 g/mol. The molecule has 0 bridgehead atoms. The second-order valence-electron chi connectivity index (χ2n) is 6.17. The normalized spacial score (nSPS) is 10.7. The van der Waals surface area contributed by atoms with E-state index in [1.165, 1.54) is 6.20 Å². The lowest BCUT2D eigenvalue weighted by molar-refractivity contribution is -0.112. The number of hydrogen-bond donors (Lipinski definition) is 2. The molecule has 6 heteroatoms. The van der Waals surface area contributed by atoms with Crippen molar-refractivity contribution in [1.82, 2.24) is 0 Å². The number of nitrogens with one attached hydrogen (secondary N) is 2. The Bertz CT molecular complexity index is 1070. The van der Waals surface area contributed by atoms with Crippen LogP contribution in [0.15, 0.2) is 84.6 Å². The zero-order chi connectivity index (χ0) is 20.6. The molecule has 2 N–H and O–H groups in total. The Balaban J connectivity index is 1.63. The predicted molar refractivity (Wildman–Crippen MR) is 115 cm³/mol. The molecule has 0 radical (unpaired) electrons. The number of carbonyl (C=O) groups excluding carboxylic acids is 1. The van der Waals surface area contributed by atoms with Gasteiger partial charge < -0.3 is 15.4 Å². The van der Waals surface area contributed by atoms with Crippen LogP contribution in [0.25, 0.3) is 0 Å². The summed E-state index contributed by atoms with van der Waals surface area (Å²) in [4.78, 5) is 12.3. The van der Waals surface area contributed by atoms with Gasteiger partial charge in [-0.25, -0.2) is 0 Å². The van der Waals surface area contributed by atoms with E-state index in [1.54, 1.807) is 42.5 Å². The predicted octanol–water partition coefficient (Wildman–Crippen LogP) is 5.90. The van der Waals surface area contributed by atoms with Gasteiger partial charge >= 0.3 is 0 Å². The molecule has 3 aromatic carbocycles. The van der Waals surface area contributed by atoms with Crippen LogP contribution in [0.1, 0.15) is 5.56 Å². The summed E-state index contributed by atoms with van der Waals surface area (Å²) in [5.41, 5.74) is 2.08. The minimum Gasteiger partial charge on any atom is -0.457 e. The molecule has 0 aliphatic heterocycles. The summed E-state index contributed by atoms with van der Waals surface area (Å²) in [6.07, 6.45) is 1.36. The van der Waals surface area contributed by atoms with Gasteiger partial charge in [0.2, 0.25) is 0 Å². The van der Waals surface area contributed by atoms with Crippen molar-refractivity contribution in [2.45, 2.75) is 6.92 Å². The third-order valence-corrected chi connectivity index (χ3v) is 4.42. The molecule has 0 aliphatic rings. The van der Waals surface area contributed by atoms with Gasteiger partial charge in [-0.3, -0.25) is 4.79 Å². The van der Waals surface area contributed by atoms with Crippen molar-refractivity contribution in [1.29, 1.82) is 5.26 Å². The Morgan fingerprint density at radius 3 is 2.31 bits per heavy atom. The number of ether oxygens (including phenoxy) is 1. The second-order valence-corrected chi connectivity index (χ2v) is 6.58. The molecular weight excluding hydrogens is 386 g/mol. The highest BCUT2D eigenvalue weighted by Gasteiger charge is 2.10. The minimum atomic E-state index is -0.524. The molecule has 0 heterocycles. The molecule has 29 heavy (non-hydrogen) atoms. The van der Waals surface area contributed by atoms with E-state index < -0.39 is 5.91 Å². The van der Waals surface area contributed by atoms with Gasteiger partial charge in [0.1, 0.15) is 23.1 Å². The first-order valence-corrected chi connectivity index (χ1v) is 9.20. The summed E-state index contributed by atoms with van der Waals surface area (Å²) in [6.45, 7) is 1.87. The van der Waals surface area contributed by atoms with Crippen LogP contribution < -0.4 is 15.4 Å². The monoisotopic (exact) mass is 403 g/mol. The number of hydrogen-bond acceptors (Lipinski definition) is 4. The van der Waals surface area contributed by atoms with Gasteiger partial charge in [-0.15, -0.1) is 0 Å². The highest BCUT2D eigenvalue weighted by molar-refractivity contribution is 6.31. The minimum absolute atomic E-state index is 0.0636. The van der Waals surface area contributed by atoms with E-state index in [4.69, 9.17) is 16.3 Å². The van der Waals surface area contributed by atoms with Crippen LogP contribution in [0.2, 0.25) is 5.02 Å². The second kappa shape index (κ2) is 9.45. The van der Waals surface area contributed by atoms with E-state index in [1.807, 2.05) is 43.3 Å². The van der Waals surface area contributed by atoms with Gasteiger partial charge in [-0.05, 0) is 61.0 Å². The topological polar surface area (TPSA) is 74.2 Å². The van der Waals surface area contributed by atoms with Crippen molar-refractivity contribution in [2.75, 3.05) is 10.6 Å². The molecule has 0 unspecified atom stereocenters. The smallest absolute Gasteiger partial charge is 0.267 e. The summed E-state index contributed by atoms with van der Waals surface area (Å²) < 4.78 is 5.73. The highest BCUT2D eigenvalue weighted by atomic mass is 35.5. The van der Waals surface area contributed by atoms with Gasteiger partial charge in [0.05, 0.1) is 0 Å². The number of halogens is 1. The van der Waals surface area contributed by atoms with E-state index in [0.29, 0.717) is 22.1 Å². The number of carbonyl (C=O) groups is 1. The molecule has 0 atom stereocenters. The number of benzene rings is 3. The van der Waals surface area contributed by atoms with Crippen molar-refractivity contribution < 1.29 is 9.53 Å². The maximum absolute atomic E-state index is 12.3. The van der Waals surface area contributed by atoms with Crippen LogP contribution in [-0.4, -0.2) is 5.91 Å². The van der Waals surface area contributed by atoms with E-state index >= 15 is 0 Å². The molecular formula is C23H18ClN3O2. The molecule has 0 saturated carbocycles. The first-order valence-electron chi connectivity index (χ1n) is 8.82. The summed E-state index contributed by atoms with van der Waals surface area (Å²) in [5, 5.41) is 15.4. The van der Waals surface area contributed by atoms with Crippen molar-refractivity contribution in [2.24, 2.45) is 0 Å². The first-order chi connectivity index (χ1) is 14.0. The average Bonchev–Trinajstić information content (AvgIpc) is 2.73. The molecule has 1 amide bonds. The quantitative estimate of drug-likeness (QED) is 0.397. The lowest BCUT2D eigenvalue weighted by Crippen LogP contribution is -2.14. The summed E-state index contributed by atoms with van der Waals surface area (Å²) in [7, 11) is 0. The van der Waals surface area contributed by atoms with Crippen LogP contribution in [0.3, 0.4) is 0 Å². The van der Waals surface area contributed by atoms with Gasteiger partial charge in [-0.2, -0.15) is 5.26 Å². The largest absolute Gasteiger partial charge is 0.457 e. The fourth-order valence-electron chi connectivity index (χ4n) is 2.42. The molecule has 0 saturated heterocycles. The molecule has 0 aliphatic carbocycles. The number of nitriles is 1. The number of para-hydroxylation sites is 1. The maximum Gasteiger partial charge on any atom is 0.267 e. The Morgan fingerprint density at radius 2 is 1.66 bits per heavy atom. The Hall–Kier alpha value is -3.75. The molecule has 0 aromatic heterocycles. The standard InChI is InChI=1S/C23H18ClN3O2/c1-16-7-8-19(13-22(16)24)27-23(28)17(14-25)15-26-18-9-11-21(12-10-18)29-20-5-3-2-4-6-20/h2-13,15,26H,1H3,(H,27,28)/b17-15-.